The lowest BCUT2D eigenvalue weighted by Gasteiger charge is -2.06. The van der Waals surface area contributed by atoms with Crippen molar-refractivity contribution >= 4 is 28.3 Å². The van der Waals surface area contributed by atoms with E-state index >= 15 is 0 Å². The fourth-order valence-corrected chi connectivity index (χ4v) is 2.74. The van der Waals surface area contributed by atoms with Crippen LogP contribution in [0.5, 0.6) is 0 Å². The van der Waals surface area contributed by atoms with Crippen molar-refractivity contribution in [3.63, 3.8) is 0 Å². The standard InChI is InChI=1S/C20H14N4O3/c25-20(14-7-11-16(12-8-14)24(26)27)21-15-9-5-13(6-10-15)19-22-17-3-1-2-4-18(17)23-19/h1-12H,(H,21,25)(H,22,23). The lowest BCUT2D eigenvalue weighted by atomic mass is 10.1. The number of imidazole rings is 1. The lowest BCUT2D eigenvalue weighted by Crippen LogP contribution is -2.11. The van der Waals surface area contributed by atoms with Crippen LogP contribution in [0, 0.1) is 10.1 Å². The molecule has 4 rings (SSSR count). The average Bonchev–Trinajstić information content (AvgIpc) is 3.13. The van der Waals surface area contributed by atoms with Gasteiger partial charge in [0.25, 0.3) is 11.6 Å². The molecule has 4 aromatic rings. The zero-order valence-corrected chi connectivity index (χ0v) is 14.0. The summed E-state index contributed by atoms with van der Waals surface area (Å²) < 4.78 is 0. The summed E-state index contributed by atoms with van der Waals surface area (Å²) >= 11 is 0. The average molecular weight is 358 g/mol. The smallest absolute Gasteiger partial charge is 0.269 e. The van der Waals surface area contributed by atoms with Gasteiger partial charge in [0.1, 0.15) is 5.82 Å². The maximum absolute atomic E-state index is 12.3. The summed E-state index contributed by atoms with van der Waals surface area (Å²) in [4.78, 5) is 30.2. The highest BCUT2D eigenvalue weighted by atomic mass is 16.6. The van der Waals surface area contributed by atoms with Gasteiger partial charge in [0.15, 0.2) is 0 Å². The molecule has 3 aromatic carbocycles. The maximum Gasteiger partial charge on any atom is 0.269 e. The highest BCUT2D eigenvalue weighted by Gasteiger charge is 2.10. The second-order valence-corrected chi connectivity index (χ2v) is 5.94. The molecule has 0 unspecified atom stereocenters. The van der Waals surface area contributed by atoms with E-state index in [-0.39, 0.29) is 11.6 Å². The van der Waals surface area contributed by atoms with Crippen molar-refractivity contribution in [1.82, 2.24) is 9.97 Å². The number of carbonyl (C=O) groups excluding carboxylic acids is 1. The van der Waals surface area contributed by atoms with Gasteiger partial charge in [0.2, 0.25) is 0 Å². The minimum atomic E-state index is -0.502. The Morgan fingerprint density at radius 1 is 0.963 bits per heavy atom. The van der Waals surface area contributed by atoms with Crippen molar-refractivity contribution < 1.29 is 9.72 Å². The molecule has 0 spiro atoms. The second-order valence-electron chi connectivity index (χ2n) is 5.94. The number of hydrogen-bond donors (Lipinski definition) is 2. The highest BCUT2D eigenvalue weighted by Crippen LogP contribution is 2.22. The van der Waals surface area contributed by atoms with Crippen LogP contribution < -0.4 is 5.32 Å². The van der Waals surface area contributed by atoms with E-state index in [1.165, 1.54) is 24.3 Å². The number of nitrogens with one attached hydrogen (secondary N) is 2. The summed E-state index contributed by atoms with van der Waals surface area (Å²) in [5, 5.41) is 13.4. The topological polar surface area (TPSA) is 101 Å². The molecule has 7 heteroatoms. The van der Waals surface area contributed by atoms with Crippen molar-refractivity contribution in [2.45, 2.75) is 0 Å². The first-order valence-electron chi connectivity index (χ1n) is 8.21. The summed E-state index contributed by atoms with van der Waals surface area (Å²) in [6.45, 7) is 0. The van der Waals surface area contributed by atoms with Gasteiger partial charge in [0.05, 0.1) is 16.0 Å². The molecule has 0 saturated carbocycles. The van der Waals surface area contributed by atoms with E-state index in [9.17, 15) is 14.9 Å². The Hall–Kier alpha value is -4.00. The Morgan fingerprint density at radius 2 is 1.67 bits per heavy atom. The van der Waals surface area contributed by atoms with Gasteiger partial charge in [-0.15, -0.1) is 0 Å². The van der Waals surface area contributed by atoms with Crippen LogP contribution in [-0.2, 0) is 0 Å². The Labute approximate surface area is 153 Å². The van der Waals surface area contributed by atoms with Crippen molar-refractivity contribution in [3.8, 4) is 11.4 Å². The van der Waals surface area contributed by atoms with E-state index in [4.69, 9.17) is 0 Å². The third-order valence-electron chi connectivity index (χ3n) is 4.15. The van der Waals surface area contributed by atoms with Gasteiger partial charge in [0, 0.05) is 28.9 Å². The Kier molecular flexibility index (Phi) is 4.10. The Morgan fingerprint density at radius 3 is 2.33 bits per heavy atom. The van der Waals surface area contributed by atoms with Crippen molar-refractivity contribution in [2.24, 2.45) is 0 Å². The number of rotatable bonds is 4. The highest BCUT2D eigenvalue weighted by molar-refractivity contribution is 6.04. The number of non-ortho nitro benzene ring substituents is 1. The van der Waals surface area contributed by atoms with Crippen LogP contribution in [0.2, 0.25) is 0 Å². The largest absolute Gasteiger partial charge is 0.338 e. The van der Waals surface area contributed by atoms with Crippen molar-refractivity contribution in [3.05, 3.63) is 88.5 Å². The van der Waals surface area contributed by atoms with E-state index in [0.29, 0.717) is 11.3 Å². The number of aromatic amines is 1. The minimum Gasteiger partial charge on any atom is -0.338 e. The summed E-state index contributed by atoms with van der Waals surface area (Å²) in [7, 11) is 0. The monoisotopic (exact) mass is 358 g/mol. The maximum atomic E-state index is 12.3. The molecule has 0 aliphatic carbocycles. The molecule has 7 nitrogen and oxygen atoms in total. The number of amides is 1. The van der Waals surface area contributed by atoms with E-state index in [2.05, 4.69) is 15.3 Å². The number of para-hydroxylation sites is 2. The molecule has 27 heavy (non-hydrogen) atoms. The summed E-state index contributed by atoms with van der Waals surface area (Å²) in [5.41, 5.74) is 3.67. The van der Waals surface area contributed by atoms with E-state index < -0.39 is 4.92 Å². The zero-order chi connectivity index (χ0) is 18.8. The van der Waals surface area contributed by atoms with Gasteiger partial charge >= 0.3 is 0 Å². The van der Waals surface area contributed by atoms with Crippen LogP contribution in [-0.4, -0.2) is 20.8 Å². The predicted molar refractivity (Wildman–Crippen MR) is 103 cm³/mol. The summed E-state index contributed by atoms with van der Waals surface area (Å²) in [6.07, 6.45) is 0. The fraction of sp³-hybridized carbons (Fsp3) is 0. The quantitative estimate of drug-likeness (QED) is 0.417. The van der Waals surface area contributed by atoms with E-state index in [0.717, 1.165) is 22.4 Å². The van der Waals surface area contributed by atoms with Crippen LogP contribution in [0.15, 0.2) is 72.8 Å². The zero-order valence-electron chi connectivity index (χ0n) is 14.0. The van der Waals surface area contributed by atoms with E-state index in [1.54, 1.807) is 12.1 Å². The minimum absolute atomic E-state index is 0.0539. The van der Waals surface area contributed by atoms with Crippen LogP contribution in [0.3, 0.4) is 0 Å². The number of nitrogens with zero attached hydrogens (tertiary/aromatic N) is 2. The van der Waals surface area contributed by atoms with Crippen LogP contribution in [0.4, 0.5) is 11.4 Å². The number of anilines is 1. The lowest BCUT2D eigenvalue weighted by molar-refractivity contribution is -0.384. The number of benzene rings is 3. The first-order valence-corrected chi connectivity index (χ1v) is 8.21. The predicted octanol–water partition coefficient (Wildman–Crippen LogP) is 4.39. The SMILES string of the molecule is O=C(Nc1ccc(-c2nc3ccccc3[nH]2)cc1)c1ccc([N+](=O)[O-])cc1. The number of aromatic nitrogens is 2. The number of hydrogen-bond acceptors (Lipinski definition) is 4. The van der Waals surface area contributed by atoms with Gasteiger partial charge in [-0.1, -0.05) is 12.1 Å². The summed E-state index contributed by atoms with van der Waals surface area (Å²) in [6, 6.07) is 20.5. The number of carbonyl (C=O) groups is 1. The van der Waals surface area contributed by atoms with Crippen molar-refractivity contribution in [1.29, 1.82) is 0 Å². The molecule has 132 valence electrons. The van der Waals surface area contributed by atoms with Gasteiger partial charge in [-0.3, -0.25) is 14.9 Å². The van der Waals surface area contributed by atoms with Gasteiger partial charge in [-0.2, -0.15) is 0 Å². The van der Waals surface area contributed by atoms with Gasteiger partial charge < -0.3 is 10.3 Å². The molecule has 1 aromatic heterocycles. The molecule has 0 aliphatic heterocycles. The van der Waals surface area contributed by atoms with E-state index in [1.807, 2.05) is 36.4 Å². The fourth-order valence-electron chi connectivity index (χ4n) is 2.74. The molecule has 0 fully saturated rings. The van der Waals surface area contributed by atoms with Gasteiger partial charge in [-0.25, -0.2) is 4.98 Å². The number of nitro benzene ring substituents is 1. The second kappa shape index (κ2) is 6.72. The first kappa shape index (κ1) is 16.5. The van der Waals surface area contributed by atoms with Crippen LogP contribution in [0.25, 0.3) is 22.4 Å². The number of H-pyrrole nitrogens is 1. The Balaban J connectivity index is 1.50. The van der Waals surface area contributed by atoms with Crippen LogP contribution in [0.1, 0.15) is 10.4 Å². The molecule has 0 bridgehead atoms. The molecular formula is C20H14N4O3. The molecule has 0 aliphatic rings. The molecular weight excluding hydrogens is 344 g/mol. The molecule has 2 N–H and O–H groups in total. The normalized spacial score (nSPS) is 10.7. The molecule has 0 atom stereocenters. The molecule has 1 amide bonds. The number of nitro groups is 1. The third kappa shape index (κ3) is 3.38. The van der Waals surface area contributed by atoms with Crippen LogP contribution >= 0.6 is 0 Å². The number of fused-ring (bicyclic) bond motifs is 1. The van der Waals surface area contributed by atoms with Crippen molar-refractivity contribution in [2.75, 3.05) is 5.32 Å². The van der Waals surface area contributed by atoms with Gasteiger partial charge in [-0.05, 0) is 48.5 Å². The third-order valence-corrected chi connectivity index (χ3v) is 4.15. The Bertz CT molecular complexity index is 1100. The molecule has 1 heterocycles. The molecule has 0 saturated heterocycles. The summed E-state index contributed by atoms with van der Waals surface area (Å²) in [5.74, 6) is 0.422. The first-order chi connectivity index (χ1) is 13.1. The molecule has 0 radical (unpaired) electrons.